The third-order valence-electron chi connectivity index (χ3n) is 2.06. The Labute approximate surface area is 93.8 Å². The minimum Gasteiger partial charge on any atom is -0.480 e. The first-order valence-electron chi connectivity index (χ1n) is 4.77. The summed E-state index contributed by atoms with van der Waals surface area (Å²) in [7, 11) is 0. The van der Waals surface area contributed by atoms with Gasteiger partial charge in [0.2, 0.25) is 0 Å². The summed E-state index contributed by atoms with van der Waals surface area (Å²) in [4.78, 5) is 10.9. The number of nitriles is 1. The third-order valence-corrected chi connectivity index (χ3v) is 2.06. The van der Waals surface area contributed by atoms with E-state index >= 15 is 0 Å². The van der Waals surface area contributed by atoms with E-state index < -0.39 is 12.0 Å². The van der Waals surface area contributed by atoms with Crippen LogP contribution in [0.5, 0.6) is 0 Å². The van der Waals surface area contributed by atoms with Gasteiger partial charge in [0.05, 0.1) is 11.6 Å². The van der Waals surface area contributed by atoms with Gasteiger partial charge < -0.3 is 10.4 Å². The van der Waals surface area contributed by atoms with Crippen molar-refractivity contribution in [1.82, 2.24) is 0 Å². The number of nitrogens with one attached hydrogen (secondary N) is 1. The summed E-state index contributed by atoms with van der Waals surface area (Å²) in [6.07, 6.45) is 1.89. The number of carbonyl (C=O) groups is 1. The highest BCUT2D eigenvalue weighted by molar-refractivity contribution is 5.77. The number of hydrogen-bond acceptors (Lipinski definition) is 3. The van der Waals surface area contributed by atoms with Gasteiger partial charge in [-0.05, 0) is 30.7 Å². The van der Waals surface area contributed by atoms with E-state index in [-0.39, 0.29) is 0 Å². The first-order valence-corrected chi connectivity index (χ1v) is 4.77. The standard InChI is InChI=1S/C12H12N2O2/c1-2-3-11(12(15)16)14-10-6-4-9(8-13)5-7-10/h2,4-7,11,14H,1,3H2,(H,15,16). The quantitative estimate of drug-likeness (QED) is 0.738. The Kier molecular flexibility index (Phi) is 4.10. The molecule has 1 aromatic rings. The Hall–Kier alpha value is -2.28. The first-order chi connectivity index (χ1) is 7.67. The van der Waals surface area contributed by atoms with Crippen LogP contribution in [0.25, 0.3) is 0 Å². The lowest BCUT2D eigenvalue weighted by atomic mass is 10.1. The molecule has 0 aliphatic rings. The lowest BCUT2D eigenvalue weighted by molar-refractivity contribution is -0.137. The smallest absolute Gasteiger partial charge is 0.326 e. The maximum atomic E-state index is 10.9. The largest absolute Gasteiger partial charge is 0.480 e. The molecule has 0 spiro atoms. The molecule has 0 saturated heterocycles. The van der Waals surface area contributed by atoms with Crippen LogP contribution in [0.4, 0.5) is 5.69 Å². The molecule has 0 radical (unpaired) electrons. The van der Waals surface area contributed by atoms with Crippen LogP contribution in [0.1, 0.15) is 12.0 Å². The third kappa shape index (κ3) is 3.14. The van der Waals surface area contributed by atoms with Crippen molar-refractivity contribution in [3.05, 3.63) is 42.5 Å². The Bertz CT molecular complexity index is 418. The Morgan fingerprint density at radius 2 is 2.19 bits per heavy atom. The van der Waals surface area contributed by atoms with Gasteiger partial charge in [-0.25, -0.2) is 4.79 Å². The Morgan fingerprint density at radius 1 is 1.56 bits per heavy atom. The van der Waals surface area contributed by atoms with Crippen molar-refractivity contribution in [3.8, 4) is 6.07 Å². The highest BCUT2D eigenvalue weighted by Gasteiger charge is 2.14. The summed E-state index contributed by atoms with van der Waals surface area (Å²) < 4.78 is 0. The number of rotatable bonds is 5. The fourth-order valence-electron chi connectivity index (χ4n) is 1.23. The second-order valence-corrected chi connectivity index (χ2v) is 3.25. The molecule has 0 fully saturated rings. The molecule has 0 amide bonds. The molecule has 1 aromatic carbocycles. The van der Waals surface area contributed by atoms with Gasteiger partial charge >= 0.3 is 5.97 Å². The molecule has 4 heteroatoms. The van der Waals surface area contributed by atoms with Crippen LogP contribution in [-0.2, 0) is 4.79 Å². The maximum absolute atomic E-state index is 10.9. The maximum Gasteiger partial charge on any atom is 0.326 e. The van der Waals surface area contributed by atoms with E-state index in [9.17, 15) is 4.79 Å². The monoisotopic (exact) mass is 216 g/mol. The second-order valence-electron chi connectivity index (χ2n) is 3.25. The van der Waals surface area contributed by atoms with Crippen LogP contribution in [0, 0.1) is 11.3 Å². The van der Waals surface area contributed by atoms with Crippen molar-refractivity contribution in [1.29, 1.82) is 5.26 Å². The predicted molar refractivity (Wildman–Crippen MR) is 61.0 cm³/mol. The van der Waals surface area contributed by atoms with Crippen LogP contribution < -0.4 is 5.32 Å². The van der Waals surface area contributed by atoms with Gasteiger partial charge in [-0.3, -0.25) is 0 Å². The lowest BCUT2D eigenvalue weighted by Gasteiger charge is -2.13. The fourth-order valence-corrected chi connectivity index (χ4v) is 1.23. The second kappa shape index (κ2) is 5.56. The summed E-state index contributed by atoms with van der Waals surface area (Å²) in [5.41, 5.74) is 1.22. The Balaban J connectivity index is 2.74. The van der Waals surface area contributed by atoms with Gasteiger partial charge in [0.15, 0.2) is 0 Å². The van der Waals surface area contributed by atoms with Crippen molar-refractivity contribution < 1.29 is 9.90 Å². The fraction of sp³-hybridized carbons (Fsp3) is 0.167. The molecule has 0 aliphatic carbocycles. The topological polar surface area (TPSA) is 73.1 Å². The van der Waals surface area contributed by atoms with Crippen LogP contribution in [-0.4, -0.2) is 17.1 Å². The summed E-state index contributed by atoms with van der Waals surface area (Å²) in [5, 5.41) is 20.4. The molecule has 0 aliphatic heterocycles. The molecule has 1 unspecified atom stereocenters. The zero-order chi connectivity index (χ0) is 12.0. The van der Waals surface area contributed by atoms with Crippen LogP contribution in [0.2, 0.25) is 0 Å². The average molecular weight is 216 g/mol. The minimum atomic E-state index is -0.927. The lowest BCUT2D eigenvalue weighted by Crippen LogP contribution is -2.28. The molecule has 0 heterocycles. The predicted octanol–water partition coefficient (Wildman–Crippen LogP) is 2.00. The van der Waals surface area contributed by atoms with E-state index in [1.807, 2.05) is 6.07 Å². The molecule has 2 N–H and O–H groups in total. The zero-order valence-electron chi connectivity index (χ0n) is 8.68. The number of anilines is 1. The number of aliphatic carboxylic acids is 1. The van der Waals surface area contributed by atoms with E-state index in [0.29, 0.717) is 17.7 Å². The highest BCUT2D eigenvalue weighted by atomic mass is 16.4. The van der Waals surface area contributed by atoms with Gasteiger partial charge in [0, 0.05) is 5.69 Å². The van der Waals surface area contributed by atoms with Crippen LogP contribution in [0.15, 0.2) is 36.9 Å². The molecule has 4 nitrogen and oxygen atoms in total. The van der Waals surface area contributed by atoms with Crippen LogP contribution in [0.3, 0.4) is 0 Å². The van der Waals surface area contributed by atoms with Crippen molar-refractivity contribution in [2.75, 3.05) is 5.32 Å². The summed E-state index contributed by atoms with van der Waals surface area (Å²) >= 11 is 0. The molecule has 1 atom stereocenters. The zero-order valence-corrected chi connectivity index (χ0v) is 8.68. The van der Waals surface area contributed by atoms with Crippen molar-refractivity contribution in [2.24, 2.45) is 0 Å². The van der Waals surface area contributed by atoms with Crippen molar-refractivity contribution in [2.45, 2.75) is 12.5 Å². The molecule has 16 heavy (non-hydrogen) atoms. The van der Waals surface area contributed by atoms with E-state index in [1.165, 1.54) is 0 Å². The number of carboxylic acid groups (broad SMARTS) is 1. The van der Waals surface area contributed by atoms with Gasteiger partial charge in [0.1, 0.15) is 6.04 Å². The normalized spacial score (nSPS) is 11.2. The van der Waals surface area contributed by atoms with E-state index in [4.69, 9.17) is 10.4 Å². The summed E-state index contributed by atoms with van der Waals surface area (Å²) in [6, 6.07) is 7.93. The number of carboxylic acids is 1. The number of nitrogens with zero attached hydrogens (tertiary/aromatic N) is 1. The van der Waals surface area contributed by atoms with E-state index in [1.54, 1.807) is 30.3 Å². The Morgan fingerprint density at radius 3 is 2.62 bits per heavy atom. The molecule has 0 bridgehead atoms. The molecule has 1 rings (SSSR count). The first kappa shape index (κ1) is 11.8. The average Bonchev–Trinajstić information content (AvgIpc) is 2.29. The van der Waals surface area contributed by atoms with E-state index in [0.717, 1.165) is 0 Å². The number of hydrogen-bond donors (Lipinski definition) is 2. The molecular formula is C12H12N2O2. The van der Waals surface area contributed by atoms with Gasteiger partial charge in [-0.2, -0.15) is 5.26 Å². The highest BCUT2D eigenvalue weighted by Crippen LogP contribution is 2.11. The van der Waals surface area contributed by atoms with E-state index in [2.05, 4.69) is 11.9 Å². The molecule has 0 saturated carbocycles. The van der Waals surface area contributed by atoms with Crippen molar-refractivity contribution in [3.63, 3.8) is 0 Å². The van der Waals surface area contributed by atoms with Crippen LogP contribution >= 0.6 is 0 Å². The molecular weight excluding hydrogens is 204 g/mol. The van der Waals surface area contributed by atoms with Gasteiger partial charge in [-0.15, -0.1) is 6.58 Å². The SMILES string of the molecule is C=CCC(Nc1ccc(C#N)cc1)C(=O)O. The van der Waals surface area contributed by atoms with Gasteiger partial charge in [-0.1, -0.05) is 6.08 Å². The number of benzene rings is 1. The minimum absolute atomic E-state index is 0.343. The summed E-state index contributed by atoms with van der Waals surface area (Å²) in [6.45, 7) is 3.51. The molecule has 0 aromatic heterocycles. The van der Waals surface area contributed by atoms with Gasteiger partial charge in [0.25, 0.3) is 0 Å². The molecule has 82 valence electrons. The summed E-state index contributed by atoms with van der Waals surface area (Å²) in [5.74, 6) is -0.927. The van der Waals surface area contributed by atoms with Crippen molar-refractivity contribution >= 4 is 11.7 Å².